The molecule has 2 aromatic carbocycles. The van der Waals surface area contributed by atoms with Crippen molar-refractivity contribution in [1.29, 1.82) is 0 Å². The summed E-state index contributed by atoms with van der Waals surface area (Å²) in [5, 5.41) is 0. The molecular formula is C13H12N2S. The van der Waals surface area contributed by atoms with Crippen LogP contribution in [0.4, 0.5) is 17.1 Å². The van der Waals surface area contributed by atoms with E-state index < -0.39 is 0 Å². The number of fused-ring (bicyclic) bond motifs is 2. The van der Waals surface area contributed by atoms with E-state index in [1.165, 1.54) is 21.2 Å². The second-order valence-corrected chi connectivity index (χ2v) is 4.94. The molecule has 16 heavy (non-hydrogen) atoms. The highest BCUT2D eigenvalue weighted by Crippen LogP contribution is 2.47. The smallest absolute Gasteiger partial charge is 0.0570 e. The molecule has 0 aliphatic carbocycles. The number of rotatable bonds is 0. The van der Waals surface area contributed by atoms with Crippen molar-refractivity contribution in [3.8, 4) is 0 Å². The number of anilines is 3. The summed E-state index contributed by atoms with van der Waals surface area (Å²) in [6.45, 7) is 0. The molecule has 2 nitrogen and oxygen atoms in total. The minimum absolute atomic E-state index is 0.811. The predicted molar refractivity (Wildman–Crippen MR) is 69.5 cm³/mol. The van der Waals surface area contributed by atoms with Crippen LogP contribution >= 0.6 is 11.8 Å². The molecule has 0 atom stereocenters. The molecule has 2 aromatic rings. The van der Waals surface area contributed by atoms with Crippen LogP contribution in [0.3, 0.4) is 0 Å². The van der Waals surface area contributed by atoms with E-state index in [0.717, 1.165) is 5.69 Å². The van der Waals surface area contributed by atoms with Crippen molar-refractivity contribution >= 4 is 28.8 Å². The molecule has 3 heteroatoms. The number of benzene rings is 2. The number of nitrogens with two attached hydrogens (primary N) is 1. The van der Waals surface area contributed by atoms with Crippen molar-refractivity contribution in [2.75, 3.05) is 17.7 Å². The zero-order valence-corrected chi connectivity index (χ0v) is 9.79. The van der Waals surface area contributed by atoms with E-state index in [9.17, 15) is 0 Å². The maximum atomic E-state index is 5.83. The van der Waals surface area contributed by atoms with Crippen LogP contribution in [-0.2, 0) is 0 Å². The second kappa shape index (κ2) is 3.46. The van der Waals surface area contributed by atoms with E-state index in [2.05, 4.69) is 42.3 Å². The van der Waals surface area contributed by atoms with E-state index >= 15 is 0 Å². The molecule has 0 bridgehead atoms. The summed E-state index contributed by atoms with van der Waals surface area (Å²) in [6.07, 6.45) is 0. The molecule has 1 heterocycles. The summed E-state index contributed by atoms with van der Waals surface area (Å²) in [4.78, 5) is 4.75. The normalized spacial score (nSPS) is 13.2. The Morgan fingerprint density at radius 2 is 1.75 bits per heavy atom. The van der Waals surface area contributed by atoms with Gasteiger partial charge in [-0.25, -0.2) is 0 Å². The first-order chi connectivity index (χ1) is 7.75. The van der Waals surface area contributed by atoms with Gasteiger partial charge in [0, 0.05) is 22.5 Å². The minimum atomic E-state index is 0.811. The van der Waals surface area contributed by atoms with E-state index in [-0.39, 0.29) is 0 Å². The molecule has 1 aliphatic rings. The molecule has 3 rings (SSSR count). The van der Waals surface area contributed by atoms with Crippen LogP contribution in [0.5, 0.6) is 0 Å². The van der Waals surface area contributed by atoms with Crippen LogP contribution in [0.1, 0.15) is 0 Å². The molecule has 0 fully saturated rings. The van der Waals surface area contributed by atoms with Crippen LogP contribution in [0.15, 0.2) is 52.3 Å². The van der Waals surface area contributed by atoms with Crippen LogP contribution in [0, 0.1) is 0 Å². The summed E-state index contributed by atoms with van der Waals surface area (Å²) in [5.74, 6) is 0. The van der Waals surface area contributed by atoms with E-state index in [1.54, 1.807) is 11.8 Å². The lowest BCUT2D eigenvalue weighted by Crippen LogP contribution is -2.14. The maximum absolute atomic E-state index is 5.83. The second-order valence-electron chi connectivity index (χ2n) is 3.86. The van der Waals surface area contributed by atoms with Crippen molar-refractivity contribution in [3.05, 3.63) is 42.5 Å². The van der Waals surface area contributed by atoms with Crippen LogP contribution < -0.4 is 10.6 Å². The molecule has 0 amide bonds. The van der Waals surface area contributed by atoms with Gasteiger partial charge >= 0.3 is 0 Å². The topological polar surface area (TPSA) is 29.3 Å². The van der Waals surface area contributed by atoms with Crippen molar-refractivity contribution in [2.24, 2.45) is 0 Å². The van der Waals surface area contributed by atoms with E-state index in [1.807, 2.05) is 12.1 Å². The third-order valence-electron chi connectivity index (χ3n) is 2.79. The largest absolute Gasteiger partial charge is 0.399 e. The SMILES string of the molecule is CN1c2ccccc2Sc2ccc(N)cc21. The van der Waals surface area contributed by atoms with Crippen molar-refractivity contribution in [2.45, 2.75) is 9.79 Å². The van der Waals surface area contributed by atoms with E-state index in [0.29, 0.717) is 0 Å². The van der Waals surface area contributed by atoms with E-state index in [4.69, 9.17) is 5.73 Å². The fraction of sp³-hybridized carbons (Fsp3) is 0.0769. The quantitative estimate of drug-likeness (QED) is 0.700. The molecule has 2 N–H and O–H groups in total. The fourth-order valence-electron chi connectivity index (χ4n) is 1.95. The van der Waals surface area contributed by atoms with Gasteiger partial charge in [0.25, 0.3) is 0 Å². The van der Waals surface area contributed by atoms with Gasteiger partial charge in [-0.05, 0) is 30.3 Å². The fourth-order valence-corrected chi connectivity index (χ4v) is 3.08. The molecule has 0 spiro atoms. The van der Waals surface area contributed by atoms with Gasteiger partial charge in [0.15, 0.2) is 0 Å². The lowest BCUT2D eigenvalue weighted by Gasteiger charge is -2.29. The number of nitrogens with zero attached hydrogens (tertiary/aromatic N) is 1. The Balaban J connectivity index is 2.19. The van der Waals surface area contributed by atoms with Crippen LogP contribution in [0.2, 0.25) is 0 Å². The number of hydrogen-bond acceptors (Lipinski definition) is 3. The molecule has 1 aliphatic heterocycles. The van der Waals surface area contributed by atoms with Crippen molar-refractivity contribution < 1.29 is 0 Å². The van der Waals surface area contributed by atoms with Gasteiger partial charge in [0.2, 0.25) is 0 Å². The van der Waals surface area contributed by atoms with Gasteiger partial charge < -0.3 is 10.6 Å². The standard InChI is InChI=1S/C13H12N2S/c1-15-10-4-2-3-5-12(10)16-13-7-6-9(14)8-11(13)15/h2-8H,14H2,1H3. The zero-order chi connectivity index (χ0) is 11.1. The first-order valence-electron chi connectivity index (χ1n) is 5.16. The Labute approximate surface area is 99.1 Å². The molecule has 0 saturated carbocycles. The molecule has 0 unspecified atom stereocenters. The maximum Gasteiger partial charge on any atom is 0.0570 e. The van der Waals surface area contributed by atoms with Crippen molar-refractivity contribution in [3.63, 3.8) is 0 Å². The average Bonchev–Trinajstić information content (AvgIpc) is 2.31. The highest BCUT2D eigenvalue weighted by atomic mass is 32.2. The van der Waals surface area contributed by atoms with Gasteiger partial charge in [0.1, 0.15) is 0 Å². The van der Waals surface area contributed by atoms with Crippen molar-refractivity contribution in [1.82, 2.24) is 0 Å². The lowest BCUT2D eigenvalue weighted by atomic mass is 10.2. The van der Waals surface area contributed by atoms with Gasteiger partial charge in [-0.3, -0.25) is 0 Å². The molecule has 0 aromatic heterocycles. The summed E-state index contributed by atoms with van der Waals surface area (Å²) < 4.78 is 0. The highest BCUT2D eigenvalue weighted by molar-refractivity contribution is 7.99. The average molecular weight is 228 g/mol. The van der Waals surface area contributed by atoms with Gasteiger partial charge in [0.05, 0.1) is 11.4 Å². The molecular weight excluding hydrogens is 216 g/mol. The summed E-state index contributed by atoms with van der Waals surface area (Å²) in [6, 6.07) is 14.5. The summed E-state index contributed by atoms with van der Waals surface area (Å²) >= 11 is 1.80. The lowest BCUT2D eigenvalue weighted by molar-refractivity contribution is 1.11. The minimum Gasteiger partial charge on any atom is -0.399 e. The summed E-state index contributed by atoms with van der Waals surface area (Å²) in [5.41, 5.74) is 9.06. The Bertz CT molecular complexity index is 551. The third kappa shape index (κ3) is 1.36. The number of para-hydroxylation sites is 1. The van der Waals surface area contributed by atoms with Crippen LogP contribution in [-0.4, -0.2) is 7.05 Å². The van der Waals surface area contributed by atoms with Gasteiger partial charge in [-0.2, -0.15) is 0 Å². The summed E-state index contributed by atoms with van der Waals surface area (Å²) in [7, 11) is 2.08. The van der Waals surface area contributed by atoms with Gasteiger partial charge in [-0.15, -0.1) is 0 Å². The Kier molecular flexibility index (Phi) is 2.07. The Morgan fingerprint density at radius 3 is 2.62 bits per heavy atom. The number of hydrogen-bond donors (Lipinski definition) is 1. The first-order valence-corrected chi connectivity index (χ1v) is 5.97. The van der Waals surface area contributed by atoms with Crippen LogP contribution in [0.25, 0.3) is 0 Å². The van der Waals surface area contributed by atoms with Gasteiger partial charge in [-0.1, -0.05) is 23.9 Å². The highest BCUT2D eigenvalue weighted by Gasteiger charge is 2.19. The molecule has 0 radical (unpaired) electrons. The molecule has 0 saturated heterocycles. The third-order valence-corrected chi connectivity index (χ3v) is 3.92. The first kappa shape index (κ1) is 9.60. The molecule has 80 valence electrons. The zero-order valence-electron chi connectivity index (χ0n) is 8.97. The Hall–Kier alpha value is -1.61. The predicted octanol–water partition coefficient (Wildman–Crippen LogP) is 3.50. The monoisotopic (exact) mass is 228 g/mol. The Morgan fingerprint density at radius 1 is 1.00 bits per heavy atom. The number of nitrogen functional groups attached to an aromatic ring is 1.